The van der Waals surface area contributed by atoms with Gasteiger partial charge in [-0.05, 0) is 93.6 Å². The summed E-state index contributed by atoms with van der Waals surface area (Å²) in [5, 5.41) is 0. The third-order valence-corrected chi connectivity index (χ3v) is 10.1. The number of allylic oxidation sites excluding steroid dienone is 9. The Morgan fingerprint density at radius 3 is 2.33 bits per heavy atom. The standard InChI is InChI=1S/C13H18O2.C13H20O.C12H18O2/c1-2-13(14)15-12-7-8-6-11(12)10-5-3-4-9(8)10;1-5-7-11(14)12-10(2)8-6-9-13(12,3)4;1-5-14-11(13)10-9(2)7-6-8-12(10,3)4/h3,5,8-12H,2,4,6-7H2,1H3;5-7,9-10,12H,8H2,1-4H3;6-7H,5,8H2,1-4H3. The molecule has 2 saturated carbocycles. The van der Waals surface area contributed by atoms with E-state index in [2.05, 4.69) is 65.0 Å². The maximum absolute atomic E-state index is 11.9. The van der Waals surface area contributed by atoms with Gasteiger partial charge in [0, 0.05) is 29.2 Å². The molecule has 7 unspecified atom stereocenters. The van der Waals surface area contributed by atoms with Crippen molar-refractivity contribution in [1.82, 2.24) is 0 Å². The smallest absolute Gasteiger partial charge is 0.334 e. The summed E-state index contributed by atoms with van der Waals surface area (Å²) in [6.07, 6.45) is 23.1. The molecule has 0 saturated heterocycles. The zero-order valence-corrected chi connectivity index (χ0v) is 28.2. The third kappa shape index (κ3) is 8.28. The molecule has 5 rings (SSSR count). The first-order valence-corrected chi connectivity index (χ1v) is 16.5. The summed E-state index contributed by atoms with van der Waals surface area (Å²) >= 11 is 0. The maximum atomic E-state index is 11.9. The molecule has 238 valence electrons. The van der Waals surface area contributed by atoms with Crippen LogP contribution in [0.1, 0.15) is 101 Å². The van der Waals surface area contributed by atoms with Gasteiger partial charge in [0.2, 0.25) is 0 Å². The second-order valence-electron chi connectivity index (χ2n) is 14.3. The van der Waals surface area contributed by atoms with Crippen molar-refractivity contribution in [3.05, 3.63) is 59.8 Å². The minimum Gasteiger partial charge on any atom is -0.463 e. The number of ketones is 1. The van der Waals surface area contributed by atoms with Crippen molar-refractivity contribution in [1.29, 1.82) is 0 Å². The highest BCUT2D eigenvalue weighted by Gasteiger charge is 2.53. The molecule has 2 fully saturated rings. The molecule has 0 amide bonds. The van der Waals surface area contributed by atoms with E-state index in [4.69, 9.17) is 9.47 Å². The van der Waals surface area contributed by atoms with Crippen LogP contribution in [0, 0.1) is 46.3 Å². The molecule has 5 heteroatoms. The Bertz CT molecular complexity index is 1160. The van der Waals surface area contributed by atoms with Crippen molar-refractivity contribution < 1.29 is 23.9 Å². The van der Waals surface area contributed by atoms with Gasteiger partial charge in [0.1, 0.15) is 6.10 Å². The topological polar surface area (TPSA) is 69.7 Å². The van der Waals surface area contributed by atoms with Gasteiger partial charge >= 0.3 is 11.9 Å². The van der Waals surface area contributed by atoms with E-state index < -0.39 is 0 Å². The van der Waals surface area contributed by atoms with E-state index in [1.807, 2.05) is 39.8 Å². The van der Waals surface area contributed by atoms with E-state index in [9.17, 15) is 14.4 Å². The van der Waals surface area contributed by atoms with E-state index >= 15 is 0 Å². The lowest BCUT2D eigenvalue weighted by Gasteiger charge is -2.37. The average Bonchev–Trinajstić information content (AvgIpc) is 3.63. The van der Waals surface area contributed by atoms with Gasteiger partial charge in [0.15, 0.2) is 5.78 Å². The van der Waals surface area contributed by atoms with Gasteiger partial charge in [0.25, 0.3) is 0 Å². The molecule has 0 aliphatic heterocycles. The quantitative estimate of drug-likeness (QED) is 0.175. The normalized spacial score (nSPS) is 32.4. The average molecular weight is 593 g/mol. The summed E-state index contributed by atoms with van der Waals surface area (Å²) in [5.41, 5.74) is 1.76. The molecular formula is C38H56O5. The Labute approximate surface area is 260 Å². The Hall–Kier alpha value is -2.69. The summed E-state index contributed by atoms with van der Waals surface area (Å²) in [7, 11) is 0. The molecule has 5 aliphatic carbocycles. The van der Waals surface area contributed by atoms with Crippen LogP contribution in [0.5, 0.6) is 0 Å². The highest BCUT2D eigenvalue weighted by atomic mass is 16.5. The molecule has 43 heavy (non-hydrogen) atoms. The Kier molecular flexibility index (Phi) is 12.0. The number of hydrogen-bond donors (Lipinski definition) is 0. The second kappa shape index (κ2) is 14.9. The summed E-state index contributed by atoms with van der Waals surface area (Å²) in [6, 6.07) is 0. The summed E-state index contributed by atoms with van der Waals surface area (Å²) in [4.78, 5) is 34.9. The molecule has 0 aromatic carbocycles. The van der Waals surface area contributed by atoms with E-state index in [0.29, 0.717) is 24.9 Å². The highest BCUT2D eigenvalue weighted by molar-refractivity contribution is 5.93. The fourth-order valence-electron chi connectivity index (χ4n) is 8.24. The van der Waals surface area contributed by atoms with Crippen LogP contribution in [-0.2, 0) is 23.9 Å². The van der Waals surface area contributed by atoms with Gasteiger partial charge in [-0.3, -0.25) is 9.59 Å². The molecule has 0 aromatic heterocycles. The van der Waals surface area contributed by atoms with Crippen LogP contribution in [0.2, 0.25) is 0 Å². The summed E-state index contributed by atoms with van der Waals surface area (Å²) in [6.45, 7) is 18.6. The largest absolute Gasteiger partial charge is 0.463 e. The van der Waals surface area contributed by atoms with Gasteiger partial charge in [-0.25, -0.2) is 4.79 Å². The third-order valence-electron chi connectivity index (χ3n) is 10.1. The number of rotatable bonds is 6. The first kappa shape index (κ1) is 34.8. The Morgan fingerprint density at radius 2 is 1.72 bits per heavy atom. The number of ether oxygens (including phenoxy) is 2. The molecule has 5 aliphatic rings. The predicted octanol–water partition coefficient (Wildman–Crippen LogP) is 8.76. The van der Waals surface area contributed by atoms with Gasteiger partial charge in [-0.1, -0.05) is 84.1 Å². The van der Waals surface area contributed by atoms with Gasteiger partial charge < -0.3 is 9.47 Å². The molecular weight excluding hydrogens is 536 g/mol. The first-order valence-electron chi connectivity index (χ1n) is 16.5. The predicted molar refractivity (Wildman–Crippen MR) is 174 cm³/mol. The van der Waals surface area contributed by atoms with Crippen molar-refractivity contribution in [3.63, 3.8) is 0 Å². The van der Waals surface area contributed by atoms with Crippen LogP contribution in [0.25, 0.3) is 0 Å². The van der Waals surface area contributed by atoms with Crippen molar-refractivity contribution in [3.8, 4) is 0 Å². The van der Waals surface area contributed by atoms with Gasteiger partial charge in [-0.15, -0.1) is 0 Å². The van der Waals surface area contributed by atoms with Crippen LogP contribution < -0.4 is 0 Å². The molecule has 0 heterocycles. The number of carbonyl (C=O) groups excluding carboxylic acids is 3. The van der Waals surface area contributed by atoms with Crippen LogP contribution >= 0.6 is 0 Å². The molecule has 5 nitrogen and oxygen atoms in total. The molecule has 7 atom stereocenters. The van der Waals surface area contributed by atoms with E-state index in [-0.39, 0.29) is 40.6 Å². The van der Waals surface area contributed by atoms with Crippen molar-refractivity contribution in [2.75, 3.05) is 6.61 Å². The fraction of sp³-hybridized carbons (Fsp3) is 0.658. The number of fused-ring (bicyclic) bond motifs is 5. The summed E-state index contributed by atoms with van der Waals surface area (Å²) < 4.78 is 10.6. The molecule has 0 N–H and O–H groups in total. The van der Waals surface area contributed by atoms with Crippen molar-refractivity contribution in [2.24, 2.45) is 46.3 Å². The van der Waals surface area contributed by atoms with Crippen LogP contribution in [0.4, 0.5) is 0 Å². The lowest BCUT2D eigenvalue weighted by Crippen LogP contribution is -2.36. The van der Waals surface area contributed by atoms with E-state index in [1.54, 1.807) is 6.08 Å². The molecule has 0 aromatic rings. The number of esters is 2. The molecule has 0 radical (unpaired) electrons. The van der Waals surface area contributed by atoms with Crippen molar-refractivity contribution in [2.45, 2.75) is 107 Å². The molecule has 2 bridgehead atoms. The lowest BCUT2D eigenvalue weighted by molar-refractivity contribution is -0.152. The van der Waals surface area contributed by atoms with Gasteiger partial charge in [0.05, 0.1) is 6.61 Å². The zero-order valence-electron chi connectivity index (χ0n) is 28.2. The number of hydrogen-bond acceptors (Lipinski definition) is 5. The van der Waals surface area contributed by atoms with Crippen molar-refractivity contribution >= 4 is 17.7 Å². The summed E-state index contributed by atoms with van der Waals surface area (Å²) in [5.74, 6) is 3.74. The molecule has 0 spiro atoms. The van der Waals surface area contributed by atoms with Crippen LogP contribution in [-0.4, -0.2) is 30.4 Å². The lowest BCUT2D eigenvalue weighted by atomic mass is 9.66. The highest BCUT2D eigenvalue weighted by Crippen LogP contribution is 2.57. The minimum atomic E-state index is -0.167. The van der Waals surface area contributed by atoms with Crippen LogP contribution in [0.15, 0.2) is 59.8 Å². The Balaban J connectivity index is 0.000000177. The maximum Gasteiger partial charge on any atom is 0.334 e. The number of carbonyl (C=O) groups is 3. The monoisotopic (exact) mass is 592 g/mol. The van der Waals surface area contributed by atoms with E-state index in [0.717, 1.165) is 48.2 Å². The zero-order chi connectivity index (χ0) is 31.9. The second-order valence-corrected chi connectivity index (χ2v) is 14.3. The van der Waals surface area contributed by atoms with Gasteiger partial charge in [-0.2, -0.15) is 0 Å². The van der Waals surface area contributed by atoms with Crippen LogP contribution in [0.3, 0.4) is 0 Å². The first-order chi connectivity index (χ1) is 20.3. The SMILES string of the molecule is CC=CC(=O)C1C(C)CC=CC1(C)C.CCC(=O)OC1CC2CC1C1C=CCC21.CCOC(=O)C1=C(C)C=CCC1(C)C. The Morgan fingerprint density at radius 1 is 1.00 bits per heavy atom. The van der Waals surface area contributed by atoms with E-state index in [1.165, 1.54) is 12.8 Å². The fourth-order valence-corrected chi connectivity index (χ4v) is 8.24. The minimum absolute atomic E-state index is 0.00819.